The first-order chi connectivity index (χ1) is 17.7. The Bertz CT molecular complexity index is 874. The van der Waals surface area contributed by atoms with Gasteiger partial charge in [-0.05, 0) is 50.3 Å². The maximum Gasteiger partial charge on any atom is 0.513 e. The van der Waals surface area contributed by atoms with E-state index in [0.29, 0.717) is 24.8 Å². The first kappa shape index (κ1) is 31.5. The molecule has 12 nitrogen and oxygen atoms in total. The van der Waals surface area contributed by atoms with E-state index in [-0.39, 0.29) is 44.3 Å². The highest BCUT2D eigenvalue weighted by atomic mass is 16.7. The molecule has 0 aromatic heterocycles. The average molecular weight is 528 g/mol. The molecule has 2 N–H and O–H groups in total. The standard InChI is InChI=1S/C25H37NO11/c1-5-8-13-34-23(29)35-17(4)16-26-19(22(27)28)14-18-9-10-20(36-24(30)32-11-6-2)21(15-18)37-25(31)33-12-7-3/h9-10,15,17,19,26H,5-8,11-14,16H2,1-4H3,(H,27,28)/t17?,19-/m0/s1. The normalized spacial score (nSPS) is 12.1. The van der Waals surface area contributed by atoms with Gasteiger partial charge in [0.2, 0.25) is 0 Å². The predicted molar refractivity (Wildman–Crippen MR) is 131 cm³/mol. The van der Waals surface area contributed by atoms with Gasteiger partial charge in [-0.3, -0.25) is 4.79 Å². The van der Waals surface area contributed by atoms with Crippen LogP contribution in [0, 0.1) is 0 Å². The number of ether oxygens (including phenoxy) is 6. The van der Waals surface area contributed by atoms with Crippen molar-refractivity contribution in [2.75, 3.05) is 26.4 Å². The molecule has 1 rings (SSSR count). The highest BCUT2D eigenvalue weighted by Crippen LogP contribution is 2.30. The Balaban J connectivity index is 2.89. The summed E-state index contributed by atoms with van der Waals surface area (Å²) in [6.07, 6.45) is -0.719. The number of carbonyl (C=O) groups excluding carboxylic acids is 3. The van der Waals surface area contributed by atoms with Gasteiger partial charge in [-0.1, -0.05) is 33.3 Å². The van der Waals surface area contributed by atoms with Gasteiger partial charge >= 0.3 is 24.4 Å². The monoisotopic (exact) mass is 527 g/mol. The molecule has 0 heterocycles. The van der Waals surface area contributed by atoms with E-state index in [1.54, 1.807) is 6.92 Å². The fourth-order valence-electron chi connectivity index (χ4n) is 2.78. The molecule has 0 amide bonds. The predicted octanol–water partition coefficient (Wildman–Crippen LogP) is 4.46. The number of carboxylic acids is 1. The van der Waals surface area contributed by atoms with Crippen molar-refractivity contribution in [1.29, 1.82) is 0 Å². The van der Waals surface area contributed by atoms with E-state index in [1.807, 2.05) is 20.8 Å². The Morgan fingerprint density at radius 3 is 2.00 bits per heavy atom. The quantitative estimate of drug-likeness (QED) is 0.135. The SMILES string of the molecule is CCCCOC(=O)OC(C)CN[C@@H](Cc1ccc(OC(=O)OCCC)c(OC(=O)OCCC)c1)C(=O)O. The number of unbranched alkanes of at least 4 members (excludes halogenated alkanes) is 1. The molecule has 0 aliphatic rings. The molecule has 0 aliphatic carbocycles. The third kappa shape index (κ3) is 13.4. The summed E-state index contributed by atoms with van der Waals surface area (Å²) >= 11 is 0. The fourth-order valence-corrected chi connectivity index (χ4v) is 2.78. The van der Waals surface area contributed by atoms with Crippen LogP contribution in [0.25, 0.3) is 0 Å². The van der Waals surface area contributed by atoms with Crippen LogP contribution in [-0.4, -0.2) is 68.1 Å². The van der Waals surface area contributed by atoms with E-state index >= 15 is 0 Å². The topological polar surface area (TPSA) is 156 Å². The van der Waals surface area contributed by atoms with Crippen LogP contribution in [0.1, 0.15) is 58.9 Å². The Morgan fingerprint density at radius 2 is 1.43 bits per heavy atom. The Kier molecular flexibility index (Phi) is 15.2. The smallest absolute Gasteiger partial charge is 0.480 e. The first-order valence-electron chi connectivity index (χ1n) is 12.3. The number of benzene rings is 1. The van der Waals surface area contributed by atoms with Crippen LogP contribution in [0.3, 0.4) is 0 Å². The highest BCUT2D eigenvalue weighted by molar-refractivity contribution is 5.74. The summed E-state index contributed by atoms with van der Waals surface area (Å²) in [5.41, 5.74) is 0.458. The minimum Gasteiger partial charge on any atom is -0.480 e. The van der Waals surface area contributed by atoms with Gasteiger partial charge < -0.3 is 38.8 Å². The molecule has 1 aromatic carbocycles. The second-order valence-electron chi connectivity index (χ2n) is 8.07. The van der Waals surface area contributed by atoms with Crippen molar-refractivity contribution in [3.8, 4) is 11.5 Å². The third-order valence-corrected chi connectivity index (χ3v) is 4.65. The van der Waals surface area contributed by atoms with Crippen molar-refractivity contribution in [3.05, 3.63) is 23.8 Å². The van der Waals surface area contributed by atoms with Crippen LogP contribution < -0.4 is 14.8 Å². The lowest BCUT2D eigenvalue weighted by Gasteiger charge is -2.19. The summed E-state index contributed by atoms with van der Waals surface area (Å²) in [5.74, 6) is -1.38. The summed E-state index contributed by atoms with van der Waals surface area (Å²) in [4.78, 5) is 47.4. The van der Waals surface area contributed by atoms with Crippen molar-refractivity contribution >= 4 is 24.4 Å². The van der Waals surface area contributed by atoms with Gasteiger partial charge in [-0.2, -0.15) is 0 Å². The molecular weight excluding hydrogens is 490 g/mol. The summed E-state index contributed by atoms with van der Waals surface area (Å²) in [6.45, 7) is 7.77. The molecule has 0 aliphatic heterocycles. The second kappa shape index (κ2) is 17.8. The van der Waals surface area contributed by atoms with Gasteiger partial charge in [-0.25, -0.2) is 14.4 Å². The zero-order valence-electron chi connectivity index (χ0n) is 21.8. The molecule has 0 spiro atoms. The van der Waals surface area contributed by atoms with Crippen LogP contribution in [-0.2, 0) is 30.2 Å². The zero-order valence-corrected chi connectivity index (χ0v) is 21.8. The van der Waals surface area contributed by atoms with Crippen LogP contribution in [0.4, 0.5) is 14.4 Å². The van der Waals surface area contributed by atoms with Gasteiger partial charge in [-0.15, -0.1) is 0 Å². The average Bonchev–Trinajstić information content (AvgIpc) is 2.85. The van der Waals surface area contributed by atoms with Gasteiger partial charge in [0.25, 0.3) is 0 Å². The molecular formula is C25H37NO11. The largest absolute Gasteiger partial charge is 0.513 e. The lowest BCUT2D eigenvalue weighted by Crippen LogP contribution is -2.42. The fraction of sp³-hybridized carbons (Fsp3) is 0.600. The van der Waals surface area contributed by atoms with E-state index < -0.39 is 36.6 Å². The number of carbonyl (C=O) groups is 4. The van der Waals surface area contributed by atoms with Gasteiger partial charge in [0, 0.05) is 6.54 Å². The molecule has 0 bridgehead atoms. The van der Waals surface area contributed by atoms with Crippen molar-refractivity contribution in [1.82, 2.24) is 5.32 Å². The Morgan fingerprint density at radius 1 is 0.838 bits per heavy atom. The number of aliphatic carboxylic acids is 1. The molecule has 208 valence electrons. The van der Waals surface area contributed by atoms with Crippen molar-refractivity contribution in [2.45, 2.75) is 71.9 Å². The molecule has 0 fully saturated rings. The third-order valence-electron chi connectivity index (χ3n) is 4.65. The number of hydrogen-bond donors (Lipinski definition) is 2. The molecule has 1 unspecified atom stereocenters. The Hall–Kier alpha value is -3.54. The van der Waals surface area contributed by atoms with Crippen LogP contribution in [0.2, 0.25) is 0 Å². The molecule has 1 aromatic rings. The van der Waals surface area contributed by atoms with Crippen LogP contribution >= 0.6 is 0 Å². The first-order valence-corrected chi connectivity index (χ1v) is 12.3. The number of nitrogens with one attached hydrogen (secondary N) is 1. The summed E-state index contributed by atoms with van der Waals surface area (Å²) in [7, 11) is 0. The van der Waals surface area contributed by atoms with E-state index in [9.17, 15) is 24.3 Å². The summed E-state index contributed by atoms with van der Waals surface area (Å²) < 4.78 is 30.2. The lowest BCUT2D eigenvalue weighted by atomic mass is 10.0. The van der Waals surface area contributed by atoms with Crippen LogP contribution in [0.5, 0.6) is 11.5 Å². The molecule has 2 atom stereocenters. The second-order valence-corrected chi connectivity index (χ2v) is 8.07. The van der Waals surface area contributed by atoms with Crippen molar-refractivity contribution in [2.24, 2.45) is 0 Å². The lowest BCUT2D eigenvalue weighted by molar-refractivity contribution is -0.139. The maximum absolute atomic E-state index is 12.0. The Labute approximate surface area is 216 Å². The summed E-state index contributed by atoms with van der Waals surface area (Å²) in [5, 5.41) is 12.5. The van der Waals surface area contributed by atoms with Gasteiger partial charge in [0.15, 0.2) is 11.5 Å². The molecule has 0 saturated heterocycles. The molecule has 0 saturated carbocycles. The van der Waals surface area contributed by atoms with Crippen LogP contribution in [0.15, 0.2) is 18.2 Å². The van der Waals surface area contributed by atoms with E-state index in [4.69, 9.17) is 28.4 Å². The minimum absolute atomic E-state index is 0.0239. The van der Waals surface area contributed by atoms with E-state index in [0.717, 1.165) is 6.42 Å². The minimum atomic E-state index is -1.15. The maximum atomic E-state index is 12.0. The molecule has 12 heteroatoms. The molecule has 37 heavy (non-hydrogen) atoms. The summed E-state index contributed by atoms with van der Waals surface area (Å²) in [6, 6.07) is 3.19. The van der Waals surface area contributed by atoms with Gasteiger partial charge in [0.05, 0.1) is 19.8 Å². The zero-order chi connectivity index (χ0) is 27.6. The van der Waals surface area contributed by atoms with Crippen molar-refractivity contribution in [3.63, 3.8) is 0 Å². The van der Waals surface area contributed by atoms with Crippen molar-refractivity contribution < 1.29 is 52.7 Å². The number of carboxylic acid groups (broad SMARTS) is 1. The van der Waals surface area contributed by atoms with E-state index in [2.05, 4.69) is 5.32 Å². The number of hydrogen-bond acceptors (Lipinski definition) is 11. The number of rotatable bonds is 16. The highest BCUT2D eigenvalue weighted by Gasteiger charge is 2.22. The van der Waals surface area contributed by atoms with E-state index in [1.165, 1.54) is 18.2 Å². The van der Waals surface area contributed by atoms with Gasteiger partial charge in [0.1, 0.15) is 12.1 Å². The molecule has 0 radical (unpaired) electrons.